The lowest BCUT2D eigenvalue weighted by Gasteiger charge is -2.36. The molecule has 18 heavy (non-hydrogen) atoms. The summed E-state index contributed by atoms with van der Waals surface area (Å²) < 4.78 is 0. The van der Waals surface area contributed by atoms with E-state index in [2.05, 4.69) is 4.90 Å². The fraction of sp³-hybridized carbons (Fsp3) is 0.385. The van der Waals surface area contributed by atoms with Gasteiger partial charge in [0, 0.05) is 37.4 Å². The van der Waals surface area contributed by atoms with Crippen LogP contribution in [0.25, 0.3) is 0 Å². The molecule has 0 saturated carbocycles. The van der Waals surface area contributed by atoms with Crippen molar-refractivity contribution in [1.29, 1.82) is 0 Å². The molecule has 0 atom stereocenters. The largest absolute Gasteiger partial charge is 0.368 e. The summed E-state index contributed by atoms with van der Waals surface area (Å²) in [6, 6.07) is 5.29. The Morgan fingerprint density at radius 3 is 2.44 bits per heavy atom. The Morgan fingerprint density at radius 2 is 1.94 bits per heavy atom. The molecular weight excluding hydrogens is 230 g/mol. The summed E-state index contributed by atoms with van der Waals surface area (Å²) in [7, 11) is 0. The molecule has 1 fully saturated rings. The van der Waals surface area contributed by atoms with Crippen molar-refractivity contribution < 1.29 is 9.59 Å². The molecule has 2 N–H and O–H groups in total. The number of amides is 2. The van der Waals surface area contributed by atoms with Gasteiger partial charge in [0.2, 0.25) is 0 Å². The molecule has 1 aromatic carbocycles. The van der Waals surface area contributed by atoms with Gasteiger partial charge in [-0.15, -0.1) is 0 Å². The number of hydrogen-bond donors (Lipinski definition) is 1. The quantitative estimate of drug-likeness (QED) is 0.793. The van der Waals surface area contributed by atoms with Crippen LogP contribution in [0.5, 0.6) is 0 Å². The molecule has 0 aliphatic carbocycles. The molecule has 2 rings (SSSR count). The third kappa shape index (κ3) is 2.45. The summed E-state index contributed by atoms with van der Waals surface area (Å²) in [5.74, 6) is 0. The molecule has 5 nitrogen and oxygen atoms in total. The van der Waals surface area contributed by atoms with Crippen LogP contribution in [0.2, 0.25) is 0 Å². The zero-order chi connectivity index (χ0) is 13.1. The first kappa shape index (κ1) is 12.4. The number of aryl methyl sites for hydroxylation is 1. The number of nitrogens with zero attached hydrogens (tertiary/aromatic N) is 2. The van der Waals surface area contributed by atoms with Gasteiger partial charge < -0.3 is 15.5 Å². The number of nitrogens with two attached hydrogens (primary N) is 1. The fourth-order valence-corrected chi connectivity index (χ4v) is 2.27. The minimum atomic E-state index is -0.359. The number of piperazine rings is 1. The molecule has 0 spiro atoms. The fourth-order valence-electron chi connectivity index (χ4n) is 2.27. The number of anilines is 1. The van der Waals surface area contributed by atoms with E-state index >= 15 is 0 Å². The van der Waals surface area contributed by atoms with E-state index in [1.165, 1.54) is 0 Å². The molecule has 2 amide bonds. The van der Waals surface area contributed by atoms with Gasteiger partial charge in [-0.1, -0.05) is 0 Å². The number of carbonyl (C=O) groups excluding carboxylic acids is 2. The van der Waals surface area contributed by atoms with Gasteiger partial charge in [-0.05, 0) is 30.7 Å². The van der Waals surface area contributed by atoms with E-state index in [9.17, 15) is 9.59 Å². The standard InChI is InChI=1S/C13H17N3O2/c1-10-8-11(9-17)2-3-12(10)15-4-6-16(7-5-15)13(14)18/h2-3,8-9H,4-7H2,1H3,(H2,14,18). The highest BCUT2D eigenvalue weighted by Crippen LogP contribution is 2.22. The lowest BCUT2D eigenvalue weighted by Crippen LogP contribution is -2.50. The van der Waals surface area contributed by atoms with Crippen LogP contribution in [-0.4, -0.2) is 43.4 Å². The van der Waals surface area contributed by atoms with Gasteiger partial charge in [-0.25, -0.2) is 4.79 Å². The second-order valence-electron chi connectivity index (χ2n) is 4.48. The summed E-state index contributed by atoms with van der Waals surface area (Å²) in [6.07, 6.45) is 0.849. The molecule has 0 bridgehead atoms. The molecule has 1 saturated heterocycles. The second kappa shape index (κ2) is 5.08. The number of aldehydes is 1. The van der Waals surface area contributed by atoms with E-state index in [1.54, 1.807) is 4.90 Å². The molecule has 5 heteroatoms. The van der Waals surface area contributed by atoms with Crippen LogP contribution in [0.4, 0.5) is 10.5 Å². The normalized spacial score (nSPS) is 15.6. The molecule has 1 heterocycles. The first-order chi connectivity index (χ1) is 8.61. The SMILES string of the molecule is Cc1cc(C=O)ccc1N1CCN(C(N)=O)CC1. The maximum atomic E-state index is 11.0. The minimum absolute atomic E-state index is 0.359. The number of hydrogen-bond acceptors (Lipinski definition) is 3. The Bertz CT molecular complexity index is 465. The Labute approximate surface area is 106 Å². The van der Waals surface area contributed by atoms with Crippen molar-refractivity contribution in [3.05, 3.63) is 29.3 Å². The summed E-state index contributed by atoms with van der Waals surface area (Å²) in [6.45, 7) is 4.81. The molecular formula is C13H17N3O2. The summed E-state index contributed by atoms with van der Waals surface area (Å²) in [4.78, 5) is 25.6. The molecule has 96 valence electrons. The Balaban J connectivity index is 2.10. The smallest absolute Gasteiger partial charge is 0.314 e. The maximum absolute atomic E-state index is 11.0. The lowest BCUT2D eigenvalue weighted by molar-refractivity contribution is 0.112. The van der Waals surface area contributed by atoms with Crippen LogP contribution in [0.1, 0.15) is 15.9 Å². The van der Waals surface area contributed by atoms with Crippen LogP contribution in [-0.2, 0) is 0 Å². The van der Waals surface area contributed by atoms with Crippen molar-refractivity contribution in [2.75, 3.05) is 31.1 Å². The predicted octanol–water partition coefficient (Wildman–Crippen LogP) is 1.01. The zero-order valence-corrected chi connectivity index (χ0v) is 10.4. The van der Waals surface area contributed by atoms with Crippen molar-refractivity contribution in [3.8, 4) is 0 Å². The van der Waals surface area contributed by atoms with Crippen LogP contribution in [0.15, 0.2) is 18.2 Å². The third-order valence-corrected chi connectivity index (χ3v) is 3.29. The third-order valence-electron chi connectivity index (χ3n) is 3.29. The average molecular weight is 247 g/mol. The number of benzene rings is 1. The Kier molecular flexibility index (Phi) is 3.50. The average Bonchev–Trinajstić information content (AvgIpc) is 2.38. The van der Waals surface area contributed by atoms with Gasteiger partial charge >= 0.3 is 6.03 Å². The molecule has 0 aromatic heterocycles. The summed E-state index contributed by atoms with van der Waals surface area (Å²) >= 11 is 0. The van der Waals surface area contributed by atoms with E-state index in [4.69, 9.17) is 5.73 Å². The summed E-state index contributed by atoms with van der Waals surface area (Å²) in [5.41, 5.74) is 8.13. The molecule has 1 aliphatic heterocycles. The molecule has 1 aromatic rings. The Morgan fingerprint density at radius 1 is 1.28 bits per heavy atom. The van der Waals surface area contributed by atoms with Gasteiger partial charge in [0.1, 0.15) is 6.29 Å². The van der Waals surface area contributed by atoms with Crippen LogP contribution in [0.3, 0.4) is 0 Å². The highest BCUT2D eigenvalue weighted by atomic mass is 16.2. The molecule has 0 radical (unpaired) electrons. The number of rotatable bonds is 2. The van der Waals surface area contributed by atoms with Gasteiger partial charge in [0.05, 0.1) is 0 Å². The number of primary amides is 1. The van der Waals surface area contributed by atoms with Crippen molar-refractivity contribution in [2.45, 2.75) is 6.92 Å². The van der Waals surface area contributed by atoms with Crippen LogP contribution < -0.4 is 10.6 Å². The number of carbonyl (C=O) groups is 2. The summed E-state index contributed by atoms with van der Waals surface area (Å²) in [5, 5.41) is 0. The molecule has 0 unspecified atom stereocenters. The minimum Gasteiger partial charge on any atom is -0.368 e. The maximum Gasteiger partial charge on any atom is 0.314 e. The van der Waals surface area contributed by atoms with E-state index in [0.717, 1.165) is 30.6 Å². The van der Waals surface area contributed by atoms with Crippen molar-refractivity contribution in [1.82, 2.24) is 4.90 Å². The highest BCUT2D eigenvalue weighted by molar-refractivity contribution is 5.77. The topological polar surface area (TPSA) is 66.6 Å². The zero-order valence-electron chi connectivity index (χ0n) is 10.4. The highest BCUT2D eigenvalue weighted by Gasteiger charge is 2.20. The van der Waals surface area contributed by atoms with Crippen molar-refractivity contribution in [3.63, 3.8) is 0 Å². The van der Waals surface area contributed by atoms with Gasteiger partial charge in [-0.2, -0.15) is 0 Å². The van der Waals surface area contributed by atoms with Gasteiger partial charge in [-0.3, -0.25) is 4.79 Å². The van der Waals surface area contributed by atoms with Crippen molar-refractivity contribution >= 4 is 18.0 Å². The molecule has 1 aliphatic rings. The van der Waals surface area contributed by atoms with Crippen LogP contribution in [0, 0.1) is 6.92 Å². The van der Waals surface area contributed by atoms with E-state index < -0.39 is 0 Å². The van der Waals surface area contributed by atoms with E-state index in [1.807, 2.05) is 25.1 Å². The van der Waals surface area contributed by atoms with Gasteiger partial charge in [0.25, 0.3) is 0 Å². The van der Waals surface area contributed by atoms with Crippen LogP contribution >= 0.6 is 0 Å². The first-order valence-electron chi connectivity index (χ1n) is 5.97. The van der Waals surface area contributed by atoms with Gasteiger partial charge in [0.15, 0.2) is 0 Å². The number of urea groups is 1. The van der Waals surface area contributed by atoms with E-state index in [-0.39, 0.29) is 6.03 Å². The Hall–Kier alpha value is -2.04. The van der Waals surface area contributed by atoms with Crippen molar-refractivity contribution in [2.24, 2.45) is 5.73 Å². The van der Waals surface area contributed by atoms with E-state index in [0.29, 0.717) is 18.7 Å². The predicted molar refractivity (Wildman–Crippen MR) is 69.9 cm³/mol. The first-order valence-corrected chi connectivity index (χ1v) is 5.97. The lowest BCUT2D eigenvalue weighted by atomic mass is 10.1. The second-order valence-corrected chi connectivity index (χ2v) is 4.48. The monoisotopic (exact) mass is 247 g/mol.